The first-order chi connectivity index (χ1) is 8.18. The Balaban J connectivity index is 2.90. The highest BCUT2D eigenvalue weighted by Crippen LogP contribution is 2.26. The van der Waals surface area contributed by atoms with Gasteiger partial charge in [0.15, 0.2) is 0 Å². The Hall–Kier alpha value is -0.910. The highest BCUT2D eigenvalue weighted by molar-refractivity contribution is 5.12. The van der Waals surface area contributed by atoms with Crippen LogP contribution in [0.1, 0.15) is 31.9 Å². The van der Waals surface area contributed by atoms with Crippen LogP contribution in [0.3, 0.4) is 0 Å². The lowest BCUT2D eigenvalue weighted by molar-refractivity contribution is -0.0492. The molecule has 1 heterocycles. The number of hydrogen-bond acceptors (Lipinski definition) is 4. The molecule has 1 aromatic rings. The molecule has 0 aliphatic carbocycles. The molecule has 0 bridgehead atoms. The Bertz CT molecular complexity index is 327. The monoisotopic (exact) mass is 241 g/mol. The first-order valence-corrected chi connectivity index (χ1v) is 6.11. The molecule has 0 aliphatic rings. The minimum Gasteiger partial charge on any atom is -0.381 e. The van der Waals surface area contributed by atoms with E-state index < -0.39 is 5.60 Å². The van der Waals surface area contributed by atoms with Crippen molar-refractivity contribution in [1.29, 1.82) is 0 Å². The Morgan fingerprint density at radius 2 is 2.35 bits per heavy atom. The van der Waals surface area contributed by atoms with Gasteiger partial charge < -0.3 is 15.6 Å². The van der Waals surface area contributed by atoms with E-state index in [1.807, 2.05) is 10.7 Å². The summed E-state index contributed by atoms with van der Waals surface area (Å²) in [5.74, 6) is 0. The fourth-order valence-corrected chi connectivity index (χ4v) is 2.03. The number of methoxy groups -OCH3 is 1. The largest absolute Gasteiger partial charge is 0.381 e. The molecule has 3 N–H and O–H groups in total. The first kappa shape index (κ1) is 14.2. The van der Waals surface area contributed by atoms with Crippen molar-refractivity contribution in [3.05, 3.63) is 18.0 Å². The van der Waals surface area contributed by atoms with Gasteiger partial charge in [-0.15, -0.1) is 0 Å². The molecule has 5 heteroatoms. The molecule has 1 aromatic heterocycles. The van der Waals surface area contributed by atoms with Crippen molar-refractivity contribution in [2.75, 3.05) is 20.3 Å². The summed E-state index contributed by atoms with van der Waals surface area (Å²) < 4.78 is 6.97. The smallest absolute Gasteiger partial charge is 0.129 e. The number of hydrogen-bond donors (Lipinski definition) is 2. The van der Waals surface area contributed by atoms with Crippen LogP contribution in [-0.4, -0.2) is 35.1 Å². The molecule has 0 fully saturated rings. The molecule has 0 amide bonds. The Labute approximate surface area is 103 Å². The highest BCUT2D eigenvalue weighted by Gasteiger charge is 2.32. The zero-order valence-corrected chi connectivity index (χ0v) is 10.7. The third-order valence-corrected chi connectivity index (χ3v) is 2.81. The van der Waals surface area contributed by atoms with Gasteiger partial charge in [0.2, 0.25) is 0 Å². The summed E-state index contributed by atoms with van der Waals surface area (Å²) in [5.41, 5.74) is 5.34. The number of aryl methyl sites for hydroxylation is 1. The molecular formula is C12H23N3O2. The second-order valence-corrected chi connectivity index (χ2v) is 4.30. The molecule has 0 spiro atoms. The van der Waals surface area contributed by atoms with Gasteiger partial charge in [0.1, 0.15) is 5.60 Å². The molecule has 1 rings (SSSR count). The van der Waals surface area contributed by atoms with E-state index in [0.717, 1.165) is 25.1 Å². The van der Waals surface area contributed by atoms with Crippen LogP contribution in [0.4, 0.5) is 0 Å². The van der Waals surface area contributed by atoms with Gasteiger partial charge in [0, 0.05) is 19.9 Å². The summed E-state index contributed by atoms with van der Waals surface area (Å²) in [6.45, 7) is 3.72. The van der Waals surface area contributed by atoms with Crippen molar-refractivity contribution >= 4 is 0 Å². The van der Waals surface area contributed by atoms with Gasteiger partial charge in [-0.2, -0.15) is 5.10 Å². The second kappa shape index (κ2) is 6.74. The number of nitrogens with two attached hydrogens (primary N) is 1. The molecule has 1 unspecified atom stereocenters. The van der Waals surface area contributed by atoms with Gasteiger partial charge in [-0.1, -0.05) is 6.92 Å². The van der Waals surface area contributed by atoms with E-state index >= 15 is 0 Å². The van der Waals surface area contributed by atoms with Gasteiger partial charge in [-0.25, -0.2) is 0 Å². The number of ether oxygens (including phenoxy) is 1. The Kier molecular flexibility index (Phi) is 5.61. The van der Waals surface area contributed by atoms with Crippen LogP contribution >= 0.6 is 0 Å². The first-order valence-electron chi connectivity index (χ1n) is 6.11. The minimum absolute atomic E-state index is 0.266. The van der Waals surface area contributed by atoms with Crippen LogP contribution in [0.25, 0.3) is 0 Å². The lowest BCUT2D eigenvalue weighted by Crippen LogP contribution is -2.34. The molecule has 17 heavy (non-hydrogen) atoms. The van der Waals surface area contributed by atoms with Gasteiger partial charge >= 0.3 is 0 Å². The summed E-state index contributed by atoms with van der Waals surface area (Å²) in [6, 6.07) is 1.85. The summed E-state index contributed by atoms with van der Waals surface area (Å²) >= 11 is 0. The van der Waals surface area contributed by atoms with Crippen LogP contribution in [0.15, 0.2) is 12.3 Å². The van der Waals surface area contributed by atoms with Crippen molar-refractivity contribution < 1.29 is 9.84 Å². The molecule has 0 saturated heterocycles. The maximum Gasteiger partial charge on any atom is 0.129 e. The molecule has 1 atom stereocenters. The minimum atomic E-state index is -0.986. The standard InChI is InChI=1S/C12H23N3O2/c1-3-9-15-11(5-8-14-15)12(16,10-17-2)6-4-7-13/h5,8,16H,3-4,6-7,9-10,13H2,1-2H3. The summed E-state index contributed by atoms with van der Waals surface area (Å²) in [7, 11) is 1.59. The molecule has 5 nitrogen and oxygen atoms in total. The molecule has 98 valence electrons. The van der Waals surface area contributed by atoms with E-state index in [4.69, 9.17) is 10.5 Å². The third-order valence-electron chi connectivity index (χ3n) is 2.81. The lowest BCUT2D eigenvalue weighted by atomic mass is 9.94. The molecular weight excluding hydrogens is 218 g/mol. The predicted octanol–water partition coefficient (Wildman–Crippen LogP) is 0.866. The van der Waals surface area contributed by atoms with Crippen LogP contribution < -0.4 is 5.73 Å². The summed E-state index contributed by atoms with van der Waals surface area (Å²) in [6.07, 6.45) is 4.05. The van der Waals surface area contributed by atoms with E-state index in [-0.39, 0.29) is 6.61 Å². The quantitative estimate of drug-likeness (QED) is 0.708. The van der Waals surface area contributed by atoms with Crippen LogP contribution in [0, 0.1) is 0 Å². The average Bonchev–Trinajstić information content (AvgIpc) is 2.76. The summed E-state index contributed by atoms with van der Waals surface area (Å²) in [5, 5.41) is 14.9. The van der Waals surface area contributed by atoms with Gasteiger partial charge in [0.25, 0.3) is 0 Å². The normalized spacial score (nSPS) is 14.8. The fourth-order valence-electron chi connectivity index (χ4n) is 2.03. The summed E-state index contributed by atoms with van der Waals surface area (Å²) in [4.78, 5) is 0. The van der Waals surface area contributed by atoms with Crippen LogP contribution in [-0.2, 0) is 16.9 Å². The van der Waals surface area contributed by atoms with E-state index in [2.05, 4.69) is 12.0 Å². The van der Waals surface area contributed by atoms with Crippen molar-refractivity contribution in [3.8, 4) is 0 Å². The van der Waals surface area contributed by atoms with Gasteiger partial charge in [0.05, 0.1) is 12.3 Å². The van der Waals surface area contributed by atoms with Crippen LogP contribution in [0.5, 0.6) is 0 Å². The van der Waals surface area contributed by atoms with Crippen molar-refractivity contribution in [2.45, 2.75) is 38.3 Å². The maximum atomic E-state index is 10.7. The van der Waals surface area contributed by atoms with E-state index in [9.17, 15) is 5.11 Å². The SMILES string of the molecule is CCCn1nccc1C(O)(CCCN)COC. The Morgan fingerprint density at radius 1 is 1.59 bits per heavy atom. The topological polar surface area (TPSA) is 73.3 Å². The second-order valence-electron chi connectivity index (χ2n) is 4.30. The van der Waals surface area contributed by atoms with Gasteiger partial charge in [-0.05, 0) is 31.9 Å². The third kappa shape index (κ3) is 3.52. The fraction of sp³-hybridized carbons (Fsp3) is 0.750. The van der Waals surface area contributed by atoms with Crippen molar-refractivity contribution in [3.63, 3.8) is 0 Å². The zero-order valence-electron chi connectivity index (χ0n) is 10.7. The van der Waals surface area contributed by atoms with E-state index in [1.165, 1.54) is 0 Å². The predicted molar refractivity (Wildman–Crippen MR) is 66.6 cm³/mol. The molecule has 0 aromatic carbocycles. The Morgan fingerprint density at radius 3 is 2.94 bits per heavy atom. The number of aliphatic hydroxyl groups is 1. The molecule has 0 saturated carbocycles. The van der Waals surface area contributed by atoms with Crippen molar-refractivity contribution in [2.24, 2.45) is 5.73 Å². The average molecular weight is 241 g/mol. The number of aromatic nitrogens is 2. The number of rotatable bonds is 8. The molecule has 0 radical (unpaired) electrons. The van der Waals surface area contributed by atoms with Crippen molar-refractivity contribution in [1.82, 2.24) is 9.78 Å². The highest BCUT2D eigenvalue weighted by atomic mass is 16.5. The zero-order chi connectivity index (χ0) is 12.7. The van der Waals surface area contributed by atoms with E-state index in [1.54, 1.807) is 13.3 Å². The van der Waals surface area contributed by atoms with Crippen LogP contribution in [0.2, 0.25) is 0 Å². The van der Waals surface area contributed by atoms with Gasteiger partial charge in [-0.3, -0.25) is 4.68 Å². The molecule has 0 aliphatic heterocycles. The van der Waals surface area contributed by atoms with E-state index in [0.29, 0.717) is 13.0 Å². The maximum absolute atomic E-state index is 10.7. The lowest BCUT2D eigenvalue weighted by Gasteiger charge is -2.28. The number of nitrogens with zero attached hydrogens (tertiary/aromatic N) is 2.